The molecule has 1 saturated heterocycles. The van der Waals surface area contributed by atoms with Crippen molar-refractivity contribution in [3.05, 3.63) is 0 Å². The molecule has 0 atom stereocenters. The van der Waals surface area contributed by atoms with E-state index >= 15 is 0 Å². The number of hydrogen-bond donors (Lipinski definition) is 2. The highest BCUT2D eigenvalue weighted by atomic mass is 16.2. The summed E-state index contributed by atoms with van der Waals surface area (Å²) in [6.07, 6.45) is 3.73. The summed E-state index contributed by atoms with van der Waals surface area (Å²) < 4.78 is 0. The molecule has 0 bridgehead atoms. The van der Waals surface area contributed by atoms with E-state index in [2.05, 4.69) is 0 Å². The van der Waals surface area contributed by atoms with Crippen LogP contribution in [-0.4, -0.2) is 36.3 Å². The van der Waals surface area contributed by atoms with Crippen LogP contribution in [0.15, 0.2) is 0 Å². The summed E-state index contributed by atoms with van der Waals surface area (Å²) >= 11 is 0. The topological polar surface area (TPSA) is 89.4 Å². The zero-order valence-electron chi connectivity index (χ0n) is 9.65. The summed E-state index contributed by atoms with van der Waals surface area (Å²) in [5.74, 6) is -0.111. The van der Waals surface area contributed by atoms with Gasteiger partial charge in [-0.15, -0.1) is 0 Å². The van der Waals surface area contributed by atoms with Crippen LogP contribution < -0.4 is 11.5 Å². The van der Waals surface area contributed by atoms with Gasteiger partial charge in [-0.3, -0.25) is 9.59 Å². The van der Waals surface area contributed by atoms with E-state index in [0.717, 1.165) is 12.8 Å². The molecule has 0 saturated carbocycles. The lowest BCUT2D eigenvalue weighted by Gasteiger charge is -2.30. The van der Waals surface area contributed by atoms with Gasteiger partial charge < -0.3 is 16.4 Å². The summed E-state index contributed by atoms with van der Waals surface area (Å²) in [5.41, 5.74) is 10.6. The Morgan fingerprint density at radius 3 is 2.31 bits per heavy atom. The van der Waals surface area contributed by atoms with Crippen molar-refractivity contribution in [3.8, 4) is 0 Å². The lowest BCUT2D eigenvalue weighted by Crippen LogP contribution is -2.41. The second-order valence-electron chi connectivity index (χ2n) is 4.30. The average molecular weight is 227 g/mol. The van der Waals surface area contributed by atoms with Gasteiger partial charge in [0, 0.05) is 25.4 Å². The van der Waals surface area contributed by atoms with Crippen molar-refractivity contribution in [1.29, 1.82) is 0 Å². The zero-order chi connectivity index (χ0) is 12.0. The molecule has 4 N–H and O–H groups in total. The van der Waals surface area contributed by atoms with Crippen LogP contribution in [0.5, 0.6) is 0 Å². The minimum atomic E-state index is -0.241. The summed E-state index contributed by atoms with van der Waals surface area (Å²) in [6.45, 7) is 1.96. The first-order valence-electron chi connectivity index (χ1n) is 5.92. The average Bonchev–Trinajstić information content (AvgIpc) is 2.29. The van der Waals surface area contributed by atoms with E-state index in [0.29, 0.717) is 38.9 Å². The maximum absolute atomic E-state index is 11.7. The highest BCUT2D eigenvalue weighted by molar-refractivity contribution is 5.78. The third kappa shape index (κ3) is 3.81. The largest absolute Gasteiger partial charge is 0.369 e. The smallest absolute Gasteiger partial charge is 0.222 e. The molecule has 1 rings (SSSR count). The highest BCUT2D eigenvalue weighted by Gasteiger charge is 2.25. The molecule has 2 amide bonds. The number of unbranched alkanes of at least 4 members (excludes halogenated alkanes) is 1. The van der Waals surface area contributed by atoms with Gasteiger partial charge in [-0.25, -0.2) is 0 Å². The predicted molar refractivity (Wildman–Crippen MR) is 61.4 cm³/mol. The fourth-order valence-corrected chi connectivity index (χ4v) is 1.99. The van der Waals surface area contributed by atoms with Crippen LogP contribution in [0.4, 0.5) is 0 Å². The number of carbonyl (C=O) groups excluding carboxylic acids is 2. The maximum Gasteiger partial charge on any atom is 0.222 e. The van der Waals surface area contributed by atoms with E-state index in [4.69, 9.17) is 11.5 Å². The van der Waals surface area contributed by atoms with Gasteiger partial charge in [0.2, 0.25) is 11.8 Å². The SMILES string of the molecule is NCCCCC(=O)N1CCC(C(N)=O)CC1. The molecule has 1 heterocycles. The van der Waals surface area contributed by atoms with E-state index in [1.807, 2.05) is 4.90 Å². The van der Waals surface area contributed by atoms with Crippen molar-refractivity contribution in [3.63, 3.8) is 0 Å². The molecule has 0 aliphatic carbocycles. The molecule has 0 aromatic heterocycles. The van der Waals surface area contributed by atoms with Crippen LogP contribution in [0.2, 0.25) is 0 Å². The van der Waals surface area contributed by atoms with Crippen LogP contribution in [-0.2, 0) is 9.59 Å². The number of carbonyl (C=O) groups is 2. The Kier molecular flexibility index (Phi) is 5.25. The second-order valence-corrected chi connectivity index (χ2v) is 4.30. The van der Waals surface area contributed by atoms with Crippen LogP contribution >= 0.6 is 0 Å². The first kappa shape index (κ1) is 13.0. The molecule has 16 heavy (non-hydrogen) atoms. The minimum absolute atomic E-state index is 0.0481. The Morgan fingerprint density at radius 1 is 1.19 bits per heavy atom. The quantitative estimate of drug-likeness (QED) is 0.639. The molecular formula is C11H21N3O2. The Labute approximate surface area is 96.1 Å². The molecule has 1 fully saturated rings. The Balaban J connectivity index is 2.25. The van der Waals surface area contributed by atoms with E-state index in [9.17, 15) is 9.59 Å². The van der Waals surface area contributed by atoms with Crippen molar-refractivity contribution in [2.24, 2.45) is 17.4 Å². The number of piperidine rings is 1. The zero-order valence-corrected chi connectivity index (χ0v) is 9.65. The van der Waals surface area contributed by atoms with Crippen LogP contribution in [0.1, 0.15) is 32.1 Å². The van der Waals surface area contributed by atoms with Gasteiger partial charge in [0.1, 0.15) is 0 Å². The molecule has 5 nitrogen and oxygen atoms in total. The maximum atomic E-state index is 11.7. The van der Waals surface area contributed by atoms with Crippen molar-refractivity contribution in [2.75, 3.05) is 19.6 Å². The highest BCUT2D eigenvalue weighted by Crippen LogP contribution is 2.17. The van der Waals surface area contributed by atoms with Crippen molar-refractivity contribution < 1.29 is 9.59 Å². The third-order valence-corrected chi connectivity index (χ3v) is 3.09. The number of rotatable bonds is 5. The fraction of sp³-hybridized carbons (Fsp3) is 0.818. The molecule has 0 radical (unpaired) electrons. The lowest BCUT2D eigenvalue weighted by molar-refractivity contribution is -0.134. The number of nitrogens with two attached hydrogens (primary N) is 2. The summed E-state index contributed by atoms with van der Waals surface area (Å²) in [6, 6.07) is 0. The van der Waals surface area contributed by atoms with E-state index in [-0.39, 0.29) is 17.7 Å². The number of amides is 2. The van der Waals surface area contributed by atoms with Crippen LogP contribution in [0.25, 0.3) is 0 Å². The summed E-state index contributed by atoms with van der Waals surface area (Å²) in [4.78, 5) is 24.5. The predicted octanol–water partition coefficient (Wildman–Crippen LogP) is -0.161. The lowest BCUT2D eigenvalue weighted by atomic mass is 9.96. The van der Waals surface area contributed by atoms with Crippen molar-refractivity contribution >= 4 is 11.8 Å². The molecule has 5 heteroatoms. The minimum Gasteiger partial charge on any atom is -0.369 e. The van der Waals surface area contributed by atoms with Gasteiger partial charge >= 0.3 is 0 Å². The number of hydrogen-bond acceptors (Lipinski definition) is 3. The Morgan fingerprint density at radius 2 is 1.81 bits per heavy atom. The fourth-order valence-electron chi connectivity index (χ4n) is 1.99. The first-order valence-corrected chi connectivity index (χ1v) is 5.92. The van der Waals surface area contributed by atoms with Crippen molar-refractivity contribution in [1.82, 2.24) is 4.90 Å². The van der Waals surface area contributed by atoms with Gasteiger partial charge in [-0.05, 0) is 32.2 Å². The van der Waals surface area contributed by atoms with E-state index in [1.54, 1.807) is 0 Å². The Hall–Kier alpha value is -1.10. The molecule has 0 aromatic carbocycles. The van der Waals surface area contributed by atoms with Crippen molar-refractivity contribution in [2.45, 2.75) is 32.1 Å². The molecule has 0 spiro atoms. The van der Waals surface area contributed by atoms with Gasteiger partial charge in [0.05, 0.1) is 0 Å². The van der Waals surface area contributed by atoms with Gasteiger partial charge in [-0.2, -0.15) is 0 Å². The van der Waals surface area contributed by atoms with Gasteiger partial charge in [0.15, 0.2) is 0 Å². The monoisotopic (exact) mass is 227 g/mol. The third-order valence-electron chi connectivity index (χ3n) is 3.09. The molecule has 0 unspecified atom stereocenters. The number of likely N-dealkylation sites (tertiary alicyclic amines) is 1. The molecular weight excluding hydrogens is 206 g/mol. The molecule has 1 aliphatic heterocycles. The summed E-state index contributed by atoms with van der Waals surface area (Å²) in [7, 11) is 0. The Bertz CT molecular complexity index is 248. The molecule has 0 aromatic rings. The standard InChI is InChI=1S/C11H21N3O2/c12-6-2-1-3-10(15)14-7-4-9(5-8-14)11(13)16/h9H,1-8,12H2,(H2,13,16). The van der Waals surface area contributed by atoms with Crippen LogP contribution in [0.3, 0.4) is 0 Å². The number of primary amides is 1. The van der Waals surface area contributed by atoms with Gasteiger partial charge in [0.25, 0.3) is 0 Å². The molecule has 1 aliphatic rings. The number of nitrogens with zero attached hydrogens (tertiary/aromatic N) is 1. The van der Waals surface area contributed by atoms with E-state index < -0.39 is 0 Å². The van der Waals surface area contributed by atoms with E-state index in [1.165, 1.54) is 0 Å². The van der Waals surface area contributed by atoms with Gasteiger partial charge in [-0.1, -0.05) is 0 Å². The molecule has 92 valence electrons. The first-order chi connectivity index (χ1) is 7.65. The summed E-state index contributed by atoms with van der Waals surface area (Å²) in [5, 5.41) is 0. The van der Waals surface area contributed by atoms with Crippen LogP contribution in [0, 0.1) is 5.92 Å². The second kappa shape index (κ2) is 6.48. The normalized spacial score (nSPS) is 17.4.